The number of nitrogens with zero attached hydrogens (tertiary/aromatic N) is 1. The maximum Gasteiger partial charge on any atom is 0.408 e. The molecule has 2 rings (SSSR count). The van der Waals surface area contributed by atoms with E-state index in [1.54, 1.807) is 57.2 Å². The average Bonchev–Trinajstić information content (AvgIpc) is 2.85. The molecule has 4 N–H and O–H groups in total. The van der Waals surface area contributed by atoms with Crippen LogP contribution in [0.2, 0.25) is 0 Å². The van der Waals surface area contributed by atoms with E-state index in [0.29, 0.717) is 23.2 Å². The molecule has 0 spiro atoms. The molecule has 2 unspecified atom stereocenters. The van der Waals surface area contributed by atoms with E-state index >= 15 is 0 Å². The number of alkyl carbamates (subject to hydrolysis) is 1. The minimum atomic E-state index is -1.34. The van der Waals surface area contributed by atoms with Gasteiger partial charge in [0, 0.05) is 17.8 Å². The molecule has 39 heavy (non-hydrogen) atoms. The standard InChI is InChI=1S/C30H38N4O5/c1-7-9-18-34(28(37)24(19-25(31)35)33-29(38)39-30(4,5)6)26(22-16-14-21(8-2)15-17-22)27(36)32-23-13-11-10-12-20(23)3/h2,10-17,24,26H,7,9,18-19H2,1,3-6H3,(H2,31,35)(H,32,36)(H,33,38). The number of hydrogen-bond donors (Lipinski definition) is 3. The Morgan fingerprint density at radius 2 is 1.72 bits per heavy atom. The number of carbonyl (C=O) groups excluding carboxylic acids is 4. The number of para-hydroxylation sites is 1. The Labute approximate surface area is 230 Å². The number of aryl methyl sites for hydroxylation is 1. The van der Waals surface area contributed by atoms with E-state index < -0.39 is 47.9 Å². The van der Waals surface area contributed by atoms with Crippen LogP contribution in [0.1, 0.15) is 69.7 Å². The molecule has 0 aliphatic rings. The second-order valence-corrected chi connectivity index (χ2v) is 10.2. The number of nitrogens with two attached hydrogens (primary N) is 1. The Bertz CT molecular complexity index is 1210. The maximum absolute atomic E-state index is 14.0. The molecule has 2 atom stereocenters. The number of ether oxygens (including phenoxy) is 1. The molecule has 0 aliphatic carbocycles. The zero-order chi connectivity index (χ0) is 29.2. The maximum atomic E-state index is 14.0. The topological polar surface area (TPSA) is 131 Å². The molecule has 2 aromatic carbocycles. The largest absolute Gasteiger partial charge is 0.444 e. The molecular weight excluding hydrogens is 496 g/mol. The van der Waals surface area contributed by atoms with Gasteiger partial charge in [0.2, 0.25) is 11.8 Å². The average molecular weight is 535 g/mol. The lowest BCUT2D eigenvalue weighted by Crippen LogP contribution is -2.53. The Morgan fingerprint density at radius 1 is 1.08 bits per heavy atom. The van der Waals surface area contributed by atoms with Crippen molar-refractivity contribution < 1.29 is 23.9 Å². The van der Waals surface area contributed by atoms with Crippen LogP contribution in [0, 0.1) is 19.3 Å². The lowest BCUT2D eigenvalue weighted by molar-refractivity contribution is -0.142. The van der Waals surface area contributed by atoms with E-state index in [4.69, 9.17) is 16.9 Å². The predicted molar refractivity (Wildman–Crippen MR) is 151 cm³/mol. The molecule has 9 nitrogen and oxygen atoms in total. The predicted octanol–water partition coefficient (Wildman–Crippen LogP) is 4.05. The van der Waals surface area contributed by atoms with E-state index in [0.717, 1.165) is 12.0 Å². The van der Waals surface area contributed by atoms with Gasteiger partial charge in [-0.3, -0.25) is 14.4 Å². The zero-order valence-electron chi connectivity index (χ0n) is 23.2. The van der Waals surface area contributed by atoms with Crippen molar-refractivity contribution in [3.05, 3.63) is 65.2 Å². The fraction of sp³-hybridized carbons (Fsp3) is 0.400. The minimum Gasteiger partial charge on any atom is -0.444 e. The molecular formula is C30H38N4O5. The number of anilines is 1. The number of primary amides is 1. The van der Waals surface area contributed by atoms with Crippen molar-refractivity contribution in [1.29, 1.82) is 0 Å². The summed E-state index contributed by atoms with van der Waals surface area (Å²) in [6.45, 7) is 9.03. The first kappa shape index (κ1) is 30.9. The summed E-state index contributed by atoms with van der Waals surface area (Å²) in [6, 6.07) is 11.6. The number of carbonyl (C=O) groups is 4. The molecule has 9 heteroatoms. The molecule has 0 radical (unpaired) electrons. The highest BCUT2D eigenvalue weighted by Crippen LogP contribution is 2.26. The summed E-state index contributed by atoms with van der Waals surface area (Å²) >= 11 is 0. The highest BCUT2D eigenvalue weighted by Gasteiger charge is 2.37. The number of hydrogen-bond acceptors (Lipinski definition) is 5. The molecule has 0 saturated carbocycles. The number of rotatable bonds is 11. The Kier molecular flexibility index (Phi) is 11.1. The number of nitrogens with one attached hydrogen (secondary N) is 2. The van der Waals surface area contributed by atoms with Crippen molar-refractivity contribution in [2.24, 2.45) is 5.73 Å². The number of benzene rings is 2. The van der Waals surface area contributed by atoms with Gasteiger partial charge in [0.25, 0.3) is 5.91 Å². The molecule has 0 aliphatic heterocycles. The summed E-state index contributed by atoms with van der Waals surface area (Å²) in [4.78, 5) is 53.6. The van der Waals surface area contributed by atoms with E-state index in [1.165, 1.54) is 4.90 Å². The monoisotopic (exact) mass is 534 g/mol. The molecule has 0 heterocycles. The van der Waals surface area contributed by atoms with Gasteiger partial charge < -0.3 is 26.0 Å². The van der Waals surface area contributed by atoms with Gasteiger partial charge in [-0.05, 0) is 63.4 Å². The number of amides is 4. The van der Waals surface area contributed by atoms with Crippen LogP contribution in [0.4, 0.5) is 10.5 Å². The fourth-order valence-electron chi connectivity index (χ4n) is 3.89. The van der Waals surface area contributed by atoms with Gasteiger partial charge in [0.1, 0.15) is 17.7 Å². The highest BCUT2D eigenvalue weighted by atomic mass is 16.6. The molecule has 0 aromatic heterocycles. The van der Waals surface area contributed by atoms with Gasteiger partial charge in [-0.25, -0.2) is 4.79 Å². The van der Waals surface area contributed by atoms with Crippen LogP contribution in [0.15, 0.2) is 48.5 Å². The Hall–Kier alpha value is -4.32. The molecule has 2 aromatic rings. The first-order valence-corrected chi connectivity index (χ1v) is 12.9. The smallest absolute Gasteiger partial charge is 0.408 e. The van der Waals surface area contributed by atoms with Crippen LogP contribution in [-0.4, -0.2) is 46.9 Å². The fourth-order valence-corrected chi connectivity index (χ4v) is 3.89. The van der Waals surface area contributed by atoms with Crippen molar-refractivity contribution in [2.75, 3.05) is 11.9 Å². The van der Waals surface area contributed by atoms with E-state index in [-0.39, 0.29) is 6.54 Å². The second kappa shape index (κ2) is 14.0. The Morgan fingerprint density at radius 3 is 2.26 bits per heavy atom. The normalized spacial score (nSPS) is 12.4. The first-order chi connectivity index (χ1) is 18.4. The zero-order valence-corrected chi connectivity index (χ0v) is 23.2. The van der Waals surface area contributed by atoms with Crippen molar-refractivity contribution >= 4 is 29.5 Å². The number of terminal acetylenes is 1. The van der Waals surface area contributed by atoms with Crippen LogP contribution in [-0.2, 0) is 19.1 Å². The first-order valence-electron chi connectivity index (χ1n) is 12.9. The Balaban J connectivity index is 2.56. The lowest BCUT2D eigenvalue weighted by atomic mass is 10.00. The van der Waals surface area contributed by atoms with Crippen LogP contribution in [0.25, 0.3) is 0 Å². The van der Waals surface area contributed by atoms with Crippen LogP contribution < -0.4 is 16.4 Å². The summed E-state index contributed by atoms with van der Waals surface area (Å²) in [5.74, 6) is 0.649. The van der Waals surface area contributed by atoms with Gasteiger partial charge >= 0.3 is 6.09 Å². The lowest BCUT2D eigenvalue weighted by Gasteiger charge is -2.34. The third-order valence-electron chi connectivity index (χ3n) is 5.79. The van der Waals surface area contributed by atoms with Crippen molar-refractivity contribution in [3.63, 3.8) is 0 Å². The molecule has 0 fully saturated rings. The third kappa shape index (κ3) is 9.49. The summed E-state index contributed by atoms with van der Waals surface area (Å²) in [6.07, 6.45) is 5.46. The van der Waals surface area contributed by atoms with E-state index in [2.05, 4.69) is 16.6 Å². The van der Waals surface area contributed by atoms with Gasteiger partial charge in [-0.1, -0.05) is 49.6 Å². The van der Waals surface area contributed by atoms with Crippen LogP contribution in [0.5, 0.6) is 0 Å². The second-order valence-electron chi connectivity index (χ2n) is 10.2. The van der Waals surface area contributed by atoms with Gasteiger partial charge in [0.05, 0.1) is 6.42 Å². The molecule has 208 valence electrons. The minimum absolute atomic E-state index is 0.184. The van der Waals surface area contributed by atoms with Crippen molar-refractivity contribution in [2.45, 2.75) is 71.6 Å². The SMILES string of the molecule is C#Cc1ccc(C(C(=O)Nc2ccccc2C)N(CCCC)C(=O)C(CC(N)=O)NC(=O)OC(C)(C)C)cc1. The highest BCUT2D eigenvalue weighted by molar-refractivity contribution is 6.00. The summed E-state index contributed by atoms with van der Waals surface area (Å²) in [7, 11) is 0. The number of unbranched alkanes of at least 4 members (excludes halogenated alkanes) is 1. The van der Waals surface area contributed by atoms with Crippen molar-refractivity contribution in [3.8, 4) is 12.3 Å². The van der Waals surface area contributed by atoms with Gasteiger partial charge in [0.15, 0.2) is 0 Å². The molecule has 0 bridgehead atoms. The van der Waals surface area contributed by atoms with Crippen LogP contribution in [0.3, 0.4) is 0 Å². The van der Waals surface area contributed by atoms with E-state index in [9.17, 15) is 19.2 Å². The molecule has 0 saturated heterocycles. The molecule has 4 amide bonds. The van der Waals surface area contributed by atoms with Crippen molar-refractivity contribution in [1.82, 2.24) is 10.2 Å². The van der Waals surface area contributed by atoms with Gasteiger partial charge in [-0.15, -0.1) is 6.42 Å². The van der Waals surface area contributed by atoms with Gasteiger partial charge in [-0.2, -0.15) is 0 Å². The third-order valence-corrected chi connectivity index (χ3v) is 5.79. The quantitative estimate of drug-likeness (QED) is 0.374. The van der Waals surface area contributed by atoms with E-state index in [1.807, 2.05) is 26.0 Å². The summed E-state index contributed by atoms with van der Waals surface area (Å²) < 4.78 is 5.30. The summed E-state index contributed by atoms with van der Waals surface area (Å²) in [5.41, 5.74) is 7.16. The summed E-state index contributed by atoms with van der Waals surface area (Å²) in [5, 5.41) is 5.40. The van der Waals surface area contributed by atoms with Crippen LogP contribution >= 0.6 is 0 Å².